The average Bonchev–Trinajstić information content (AvgIpc) is 3.59. The number of aromatic nitrogens is 4. The number of carboxylic acids is 1. The number of thiazole rings is 1. The van der Waals surface area contributed by atoms with Crippen LogP contribution in [0.1, 0.15) is 12.1 Å². The first-order valence-electron chi connectivity index (χ1n) is 12.6. The maximum atomic E-state index is 13.2. The van der Waals surface area contributed by atoms with Crippen LogP contribution in [-0.4, -0.2) is 90.8 Å². The molecule has 0 spiro atoms. The van der Waals surface area contributed by atoms with E-state index in [-0.39, 0.29) is 35.4 Å². The molecule has 3 amide bonds. The number of carbonyl (C=O) groups excluding carboxylic acids is 3. The fraction of sp³-hybridized carbons (Fsp3) is 0.333. The van der Waals surface area contributed by atoms with Crippen molar-refractivity contribution in [1.29, 1.82) is 0 Å². The van der Waals surface area contributed by atoms with Gasteiger partial charge in [0.15, 0.2) is 17.0 Å². The van der Waals surface area contributed by atoms with Crippen LogP contribution in [0.4, 0.5) is 9.93 Å². The fourth-order valence-electron chi connectivity index (χ4n) is 4.50. The lowest BCUT2D eigenvalue weighted by Crippen LogP contribution is -2.71. The van der Waals surface area contributed by atoms with Crippen molar-refractivity contribution in [2.45, 2.75) is 29.4 Å². The van der Waals surface area contributed by atoms with E-state index in [2.05, 4.69) is 20.6 Å². The molecule has 6 N–H and O–H groups in total. The number of carboxylic acid groups (broad SMARTS) is 1. The number of thioether (sulfide) groups is 2. The van der Waals surface area contributed by atoms with E-state index >= 15 is 0 Å². The molecular weight excluding hydrogens is 623 g/mol. The number of rotatable bonds is 12. The molecule has 1 saturated heterocycles. The Kier molecular flexibility index (Phi) is 9.02. The van der Waals surface area contributed by atoms with Crippen molar-refractivity contribution in [3.05, 3.63) is 46.9 Å². The van der Waals surface area contributed by atoms with Gasteiger partial charge in [-0.2, -0.15) is 0 Å². The molecule has 0 aromatic carbocycles. The molecule has 43 heavy (non-hydrogen) atoms. The Hall–Kier alpha value is -4.36. The van der Waals surface area contributed by atoms with E-state index < -0.39 is 35.3 Å². The van der Waals surface area contributed by atoms with E-state index in [1.807, 2.05) is 16.7 Å². The van der Waals surface area contributed by atoms with Crippen molar-refractivity contribution >= 4 is 75.2 Å². The number of nitrogens with two attached hydrogens (primary N) is 2. The minimum absolute atomic E-state index is 0.109. The largest absolute Gasteiger partial charge is 0.477 e. The second kappa shape index (κ2) is 12.9. The summed E-state index contributed by atoms with van der Waals surface area (Å²) >= 11 is 3.96. The van der Waals surface area contributed by atoms with Gasteiger partial charge in [-0.05, 0) is 12.5 Å². The second-order valence-corrected chi connectivity index (χ2v) is 12.2. The molecule has 5 heterocycles. The Morgan fingerprint density at radius 2 is 2.16 bits per heavy atom. The third-order valence-electron chi connectivity index (χ3n) is 6.34. The molecule has 2 atom stereocenters. The molecule has 0 unspecified atom stereocenters. The molecule has 2 aliphatic heterocycles. The number of ether oxygens (including phenoxy) is 1. The third kappa shape index (κ3) is 6.37. The van der Waals surface area contributed by atoms with Crippen LogP contribution in [0.2, 0.25) is 0 Å². The Labute approximate surface area is 256 Å². The van der Waals surface area contributed by atoms with Gasteiger partial charge < -0.3 is 31.5 Å². The second-order valence-electron chi connectivity index (χ2n) is 9.08. The van der Waals surface area contributed by atoms with Gasteiger partial charge in [0.1, 0.15) is 47.7 Å². The number of β-lactam (4-membered cyclic amide) rings is 1. The van der Waals surface area contributed by atoms with Crippen LogP contribution in [0.3, 0.4) is 0 Å². The highest BCUT2D eigenvalue weighted by Crippen LogP contribution is 2.40. The quantitative estimate of drug-likeness (QED) is 0.0510. The molecule has 0 saturated carbocycles. The summed E-state index contributed by atoms with van der Waals surface area (Å²) in [7, 11) is 1.27. The number of carbonyl (C=O) groups is 4. The number of nitrogens with one attached hydrogen (secondary N) is 1. The maximum absolute atomic E-state index is 13.2. The highest BCUT2D eigenvalue weighted by molar-refractivity contribution is 8.00. The van der Waals surface area contributed by atoms with E-state index in [0.29, 0.717) is 23.5 Å². The number of imidazole rings is 1. The topological polar surface area (TPSA) is 221 Å². The first-order valence-corrected chi connectivity index (χ1v) is 15.6. The molecule has 2 aliphatic rings. The lowest BCUT2D eigenvalue weighted by molar-refractivity contribution is -0.662. The number of hydrogen-bond acceptors (Lipinski definition) is 13. The molecule has 3 aromatic heterocycles. The van der Waals surface area contributed by atoms with Gasteiger partial charge in [-0.3, -0.25) is 14.5 Å². The minimum Gasteiger partial charge on any atom is -0.477 e. The van der Waals surface area contributed by atoms with Gasteiger partial charge in [0, 0.05) is 28.5 Å². The highest BCUT2D eigenvalue weighted by Gasteiger charge is 2.54. The molecule has 3 aromatic rings. The third-order valence-corrected chi connectivity index (χ3v) is 9.36. The number of aliphatic carboxylic acids is 1. The van der Waals surface area contributed by atoms with Gasteiger partial charge in [-0.1, -0.05) is 10.3 Å². The number of oxime groups is 1. The van der Waals surface area contributed by atoms with Gasteiger partial charge in [-0.25, -0.2) is 19.1 Å². The van der Waals surface area contributed by atoms with Gasteiger partial charge in [0.05, 0.1) is 6.61 Å². The standard InChI is InChI=1S/C24H25N9O7S3/c1-39-30-16(13-11-43-23(25)27-13)19(34)28-17-20(35)33-18(22(36)37)12(10-42-21(17)33)9-31-5-6-32-15(31)4-3-14(29-32)41-8-2-7-40-24(26)38/h3-6,11,17,21H,2,7-10H2,1H3,(H5-,25,26,27,28,34,36,37,38)/p+1/b30-16-/t17-,21-/m1/s1. The first kappa shape index (κ1) is 30.1. The number of primary amides is 1. The molecule has 5 rings (SSSR count). The summed E-state index contributed by atoms with van der Waals surface area (Å²) in [6, 6.07) is 2.75. The van der Waals surface area contributed by atoms with E-state index in [1.54, 1.807) is 16.9 Å². The lowest BCUT2D eigenvalue weighted by Gasteiger charge is -2.49. The molecule has 0 aliphatic carbocycles. The number of nitrogens with zero attached hydrogens (tertiary/aromatic N) is 6. The van der Waals surface area contributed by atoms with Crippen molar-refractivity contribution in [3.8, 4) is 0 Å². The first-order chi connectivity index (χ1) is 20.7. The predicted molar refractivity (Wildman–Crippen MR) is 156 cm³/mol. The lowest BCUT2D eigenvalue weighted by atomic mass is 10.0. The Bertz CT molecular complexity index is 1650. The van der Waals surface area contributed by atoms with E-state index in [0.717, 1.165) is 22.0 Å². The average molecular weight is 649 g/mol. The Morgan fingerprint density at radius 3 is 2.86 bits per heavy atom. The van der Waals surface area contributed by atoms with Gasteiger partial charge >= 0.3 is 17.7 Å². The number of fused-ring (bicyclic) bond motifs is 2. The molecule has 1 fully saturated rings. The summed E-state index contributed by atoms with van der Waals surface area (Å²) in [5, 5.41) is 22.9. The van der Waals surface area contributed by atoms with E-state index in [4.69, 9.17) is 21.0 Å². The molecule has 226 valence electrons. The van der Waals surface area contributed by atoms with E-state index in [9.17, 15) is 24.3 Å². The summed E-state index contributed by atoms with van der Waals surface area (Å²) in [5.41, 5.74) is 11.8. The Balaban J connectivity index is 1.28. The number of hydrogen-bond donors (Lipinski definition) is 4. The summed E-state index contributed by atoms with van der Waals surface area (Å²) in [6.07, 6.45) is 3.35. The van der Waals surface area contributed by atoms with Crippen LogP contribution >= 0.6 is 34.9 Å². The molecular formula is C24H26N9O7S3+. The number of amides is 3. The summed E-state index contributed by atoms with van der Waals surface area (Å²) in [4.78, 5) is 59.2. The van der Waals surface area contributed by atoms with Crippen molar-refractivity contribution in [1.82, 2.24) is 24.8 Å². The number of anilines is 1. The predicted octanol–water partition coefficient (Wildman–Crippen LogP) is 0.0273. The minimum atomic E-state index is -1.24. The van der Waals surface area contributed by atoms with Gasteiger partial charge in [-0.15, -0.1) is 39.4 Å². The zero-order chi connectivity index (χ0) is 30.7. The van der Waals surface area contributed by atoms with E-state index in [1.165, 1.54) is 40.9 Å². The monoisotopic (exact) mass is 648 g/mol. The number of nitrogen functional groups attached to an aromatic ring is 1. The molecule has 19 heteroatoms. The van der Waals surface area contributed by atoms with Crippen molar-refractivity contribution in [2.75, 3.05) is 31.0 Å². The fourth-order valence-corrected chi connectivity index (χ4v) is 7.17. The van der Waals surface area contributed by atoms with Crippen LogP contribution in [0, 0.1) is 0 Å². The van der Waals surface area contributed by atoms with Crippen molar-refractivity contribution in [3.63, 3.8) is 0 Å². The summed E-state index contributed by atoms with van der Waals surface area (Å²) in [6.45, 7) is 0.444. The summed E-state index contributed by atoms with van der Waals surface area (Å²) < 4.78 is 8.25. The van der Waals surface area contributed by atoms with Crippen LogP contribution in [-0.2, 0) is 30.5 Å². The zero-order valence-electron chi connectivity index (χ0n) is 22.5. The SMILES string of the molecule is CO/N=C(\C(=O)N[C@@H]1C(=O)N2C(C(=O)O)=C(C[n+]3ccn4nc(SCCCOC(N)=O)ccc43)CS[C@H]12)c1csc(N)n1. The van der Waals surface area contributed by atoms with Crippen LogP contribution in [0.5, 0.6) is 0 Å². The molecule has 16 nitrogen and oxygen atoms in total. The normalized spacial score (nSPS) is 18.3. The molecule has 0 radical (unpaired) electrons. The van der Waals surface area contributed by atoms with Crippen molar-refractivity contribution in [2.24, 2.45) is 10.9 Å². The van der Waals surface area contributed by atoms with Gasteiger partial charge in [0.2, 0.25) is 0 Å². The van der Waals surface area contributed by atoms with Crippen LogP contribution in [0.25, 0.3) is 5.65 Å². The zero-order valence-corrected chi connectivity index (χ0v) is 25.0. The van der Waals surface area contributed by atoms with Gasteiger partial charge in [0.25, 0.3) is 11.8 Å². The molecule has 0 bridgehead atoms. The maximum Gasteiger partial charge on any atom is 0.404 e. The highest BCUT2D eigenvalue weighted by atomic mass is 32.2. The smallest absolute Gasteiger partial charge is 0.404 e. The Morgan fingerprint density at radius 1 is 1.35 bits per heavy atom. The van der Waals surface area contributed by atoms with Crippen LogP contribution in [0.15, 0.2) is 51.4 Å². The van der Waals surface area contributed by atoms with Crippen molar-refractivity contribution < 1.29 is 38.4 Å². The summed E-state index contributed by atoms with van der Waals surface area (Å²) in [5.74, 6) is -1.49. The van der Waals surface area contributed by atoms with Crippen LogP contribution < -0.4 is 21.4 Å².